The number of amides is 2. The summed E-state index contributed by atoms with van der Waals surface area (Å²) in [4.78, 5) is 29.0. The van der Waals surface area contributed by atoms with Gasteiger partial charge in [0.2, 0.25) is 5.91 Å². The van der Waals surface area contributed by atoms with Crippen molar-refractivity contribution in [3.05, 3.63) is 114 Å². The number of nitrogens with zero attached hydrogens (tertiary/aromatic N) is 1. The monoisotopic (exact) mass is 407 g/mol. The van der Waals surface area contributed by atoms with Crippen molar-refractivity contribution in [3.63, 3.8) is 0 Å². The number of aromatic nitrogens is 1. The summed E-state index contributed by atoms with van der Waals surface area (Å²) in [5, 5.41) is 7.85. The van der Waals surface area contributed by atoms with E-state index < -0.39 is 0 Å². The van der Waals surface area contributed by atoms with Crippen molar-refractivity contribution in [3.8, 4) is 0 Å². The average molecular weight is 407 g/mol. The van der Waals surface area contributed by atoms with Crippen LogP contribution >= 0.6 is 0 Å². The van der Waals surface area contributed by atoms with E-state index in [1.807, 2.05) is 60.7 Å². The Kier molecular flexibility index (Phi) is 6.14. The summed E-state index contributed by atoms with van der Waals surface area (Å²) in [5.74, 6) is -0.493. The van der Waals surface area contributed by atoms with E-state index in [2.05, 4.69) is 15.6 Å². The highest BCUT2D eigenvalue weighted by molar-refractivity contribution is 6.04. The van der Waals surface area contributed by atoms with Gasteiger partial charge in [-0.3, -0.25) is 14.6 Å². The number of carbonyl (C=O) groups excluding carboxylic acids is 2. The molecule has 0 saturated heterocycles. The second kappa shape index (κ2) is 9.50. The smallest absolute Gasteiger partial charge is 0.251 e. The van der Waals surface area contributed by atoms with Crippen LogP contribution in [0, 0.1) is 0 Å². The lowest BCUT2D eigenvalue weighted by Crippen LogP contribution is -2.23. The van der Waals surface area contributed by atoms with Gasteiger partial charge in [-0.25, -0.2) is 0 Å². The van der Waals surface area contributed by atoms with Gasteiger partial charge in [0.1, 0.15) is 0 Å². The van der Waals surface area contributed by atoms with Crippen molar-refractivity contribution in [1.29, 1.82) is 0 Å². The predicted molar refractivity (Wildman–Crippen MR) is 123 cm³/mol. The molecule has 152 valence electrons. The molecule has 3 aromatic carbocycles. The molecular formula is C26H21N3O2. The number of rotatable bonds is 6. The maximum Gasteiger partial charge on any atom is 0.251 e. The van der Waals surface area contributed by atoms with Gasteiger partial charge in [0.15, 0.2) is 0 Å². The number of benzene rings is 3. The zero-order valence-corrected chi connectivity index (χ0v) is 16.8. The second-order valence-electron chi connectivity index (χ2n) is 6.98. The van der Waals surface area contributed by atoms with Crippen molar-refractivity contribution < 1.29 is 9.59 Å². The first-order chi connectivity index (χ1) is 15.2. The molecule has 0 atom stereocenters. The Balaban J connectivity index is 1.40. The highest BCUT2D eigenvalue weighted by Crippen LogP contribution is 2.19. The maximum absolute atomic E-state index is 12.4. The summed E-state index contributed by atoms with van der Waals surface area (Å²) in [7, 11) is 0. The number of pyridine rings is 1. The van der Waals surface area contributed by atoms with Gasteiger partial charge in [0.05, 0.1) is 12.2 Å². The predicted octanol–water partition coefficient (Wildman–Crippen LogP) is 4.82. The van der Waals surface area contributed by atoms with Crippen LogP contribution in [-0.2, 0) is 11.3 Å². The third-order valence-corrected chi connectivity index (χ3v) is 4.79. The van der Waals surface area contributed by atoms with Gasteiger partial charge < -0.3 is 10.6 Å². The molecule has 0 aliphatic carbocycles. The molecule has 0 aliphatic heterocycles. The molecule has 5 nitrogen and oxygen atoms in total. The molecule has 2 N–H and O–H groups in total. The quantitative estimate of drug-likeness (QED) is 0.450. The largest absolute Gasteiger partial charge is 0.346 e. The van der Waals surface area contributed by atoms with Gasteiger partial charge >= 0.3 is 0 Å². The van der Waals surface area contributed by atoms with E-state index in [9.17, 15) is 9.59 Å². The number of anilines is 1. The Morgan fingerprint density at radius 1 is 0.871 bits per heavy atom. The molecule has 1 heterocycles. The molecule has 31 heavy (non-hydrogen) atoms. The van der Waals surface area contributed by atoms with E-state index in [1.165, 1.54) is 6.08 Å². The van der Waals surface area contributed by atoms with Crippen molar-refractivity contribution in [2.75, 3.05) is 5.32 Å². The minimum Gasteiger partial charge on any atom is -0.346 e. The molecule has 4 rings (SSSR count). The Morgan fingerprint density at radius 3 is 2.55 bits per heavy atom. The number of carbonyl (C=O) groups is 2. The summed E-state index contributed by atoms with van der Waals surface area (Å²) < 4.78 is 0. The zero-order chi connectivity index (χ0) is 21.5. The lowest BCUT2D eigenvalue weighted by Gasteiger charge is -2.07. The Bertz CT molecular complexity index is 1240. The third kappa shape index (κ3) is 5.22. The number of hydrogen-bond donors (Lipinski definition) is 2. The van der Waals surface area contributed by atoms with E-state index in [0.717, 1.165) is 22.0 Å². The standard InChI is InChI=1S/C26H21N3O2/c30-25(15-14-20-9-5-8-19-7-1-2-13-24(19)20)29-22-12-6-10-21(17-22)26(31)28-18-23-11-3-4-16-27-23/h1-17H,18H2,(H,28,31)(H,29,30)/b15-14+. The van der Waals surface area contributed by atoms with E-state index in [1.54, 1.807) is 36.5 Å². The fraction of sp³-hybridized carbons (Fsp3) is 0.0385. The Labute approximate surface area is 180 Å². The van der Waals surface area contributed by atoms with E-state index in [0.29, 0.717) is 17.8 Å². The van der Waals surface area contributed by atoms with Crippen molar-refractivity contribution >= 4 is 34.4 Å². The lowest BCUT2D eigenvalue weighted by atomic mass is 10.0. The van der Waals surface area contributed by atoms with Crippen LogP contribution in [-0.4, -0.2) is 16.8 Å². The molecule has 0 aliphatic rings. The molecule has 1 aromatic heterocycles. The van der Waals surface area contributed by atoms with Gasteiger partial charge in [0.25, 0.3) is 5.91 Å². The van der Waals surface area contributed by atoms with E-state index >= 15 is 0 Å². The summed E-state index contributed by atoms with van der Waals surface area (Å²) >= 11 is 0. The van der Waals surface area contributed by atoms with Crippen LogP contribution in [0.1, 0.15) is 21.6 Å². The van der Waals surface area contributed by atoms with E-state index in [4.69, 9.17) is 0 Å². The first kappa shape index (κ1) is 20.0. The summed E-state index contributed by atoms with van der Waals surface area (Å²) in [6, 6.07) is 26.4. The minimum absolute atomic E-state index is 0.229. The SMILES string of the molecule is O=C(/C=C/c1cccc2ccccc12)Nc1cccc(C(=O)NCc2ccccn2)c1. The van der Waals surface area contributed by atoms with Crippen LogP contribution in [0.5, 0.6) is 0 Å². The summed E-state index contributed by atoms with van der Waals surface area (Å²) in [6.45, 7) is 0.337. The van der Waals surface area contributed by atoms with Crippen LogP contribution in [0.3, 0.4) is 0 Å². The number of fused-ring (bicyclic) bond motifs is 1. The van der Waals surface area contributed by atoms with Gasteiger partial charge in [-0.05, 0) is 52.7 Å². The second-order valence-corrected chi connectivity index (χ2v) is 6.98. The third-order valence-electron chi connectivity index (χ3n) is 4.79. The molecule has 4 aromatic rings. The van der Waals surface area contributed by atoms with Gasteiger partial charge in [-0.15, -0.1) is 0 Å². The molecule has 0 unspecified atom stereocenters. The Hall–Kier alpha value is -4.25. The number of nitrogens with one attached hydrogen (secondary N) is 2. The van der Waals surface area contributed by atoms with Crippen molar-refractivity contribution in [2.45, 2.75) is 6.54 Å². The molecule has 5 heteroatoms. The van der Waals surface area contributed by atoms with Gasteiger partial charge in [-0.2, -0.15) is 0 Å². The van der Waals surface area contributed by atoms with Gasteiger partial charge in [-0.1, -0.05) is 54.6 Å². The zero-order valence-electron chi connectivity index (χ0n) is 16.8. The molecule has 2 amide bonds. The van der Waals surface area contributed by atoms with Crippen molar-refractivity contribution in [1.82, 2.24) is 10.3 Å². The number of hydrogen-bond acceptors (Lipinski definition) is 3. The maximum atomic E-state index is 12.4. The molecule has 0 radical (unpaired) electrons. The van der Waals surface area contributed by atoms with Crippen LogP contribution < -0.4 is 10.6 Å². The molecular weight excluding hydrogens is 386 g/mol. The molecule has 0 spiro atoms. The van der Waals surface area contributed by atoms with Crippen LogP contribution in [0.2, 0.25) is 0 Å². The molecule has 0 fully saturated rings. The first-order valence-electron chi connectivity index (χ1n) is 9.94. The van der Waals surface area contributed by atoms with Crippen LogP contribution in [0.15, 0.2) is 97.2 Å². The van der Waals surface area contributed by atoms with Crippen LogP contribution in [0.25, 0.3) is 16.8 Å². The lowest BCUT2D eigenvalue weighted by molar-refractivity contribution is -0.111. The molecule has 0 bridgehead atoms. The average Bonchev–Trinajstić information content (AvgIpc) is 2.82. The summed E-state index contributed by atoms with van der Waals surface area (Å²) in [5.41, 5.74) is 2.76. The fourth-order valence-electron chi connectivity index (χ4n) is 3.26. The van der Waals surface area contributed by atoms with Crippen molar-refractivity contribution in [2.24, 2.45) is 0 Å². The topological polar surface area (TPSA) is 71.1 Å². The van der Waals surface area contributed by atoms with Gasteiger partial charge in [0, 0.05) is 23.5 Å². The Morgan fingerprint density at radius 2 is 1.68 bits per heavy atom. The molecule has 0 saturated carbocycles. The highest BCUT2D eigenvalue weighted by atomic mass is 16.2. The van der Waals surface area contributed by atoms with Crippen LogP contribution in [0.4, 0.5) is 5.69 Å². The first-order valence-corrected chi connectivity index (χ1v) is 9.94. The summed E-state index contributed by atoms with van der Waals surface area (Å²) in [6.07, 6.45) is 4.97. The normalized spacial score (nSPS) is 10.8. The minimum atomic E-state index is -0.265. The highest BCUT2D eigenvalue weighted by Gasteiger charge is 2.07. The fourth-order valence-corrected chi connectivity index (χ4v) is 3.26. The van der Waals surface area contributed by atoms with E-state index in [-0.39, 0.29) is 11.8 Å².